The number of nitrogens with zero attached hydrogens (tertiary/aromatic N) is 4. The second-order valence-electron chi connectivity index (χ2n) is 7.23. The molecule has 2 aromatic carbocycles. The van der Waals surface area contributed by atoms with Gasteiger partial charge in [-0.15, -0.1) is 16.4 Å². The molecule has 6 nitrogen and oxygen atoms in total. The number of amides is 1. The van der Waals surface area contributed by atoms with Crippen LogP contribution in [0.15, 0.2) is 48.5 Å². The number of alkyl halides is 3. The zero-order valence-corrected chi connectivity index (χ0v) is 19.0. The van der Waals surface area contributed by atoms with Crippen molar-refractivity contribution in [2.45, 2.75) is 26.4 Å². The molecule has 170 valence electrons. The molecule has 0 bridgehead atoms. The first-order chi connectivity index (χ1) is 15.6. The Morgan fingerprint density at radius 2 is 1.91 bits per heavy atom. The zero-order chi connectivity index (χ0) is 23.8. The maximum atomic E-state index is 13.0. The van der Waals surface area contributed by atoms with Crippen LogP contribution in [0, 0.1) is 13.8 Å². The van der Waals surface area contributed by atoms with Crippen LogP contribution in [0.1, 0.15) is 37.9 Å². The monoisotopic (exact) mass is 491 g/mol. The fourth-order valence-electron chi connectivity index (χ4n) is 3.21. The second-order valence-corrected chi connectivity index (χ2v) is 8.72. The van der Waals surface area contributed by atoms with Gasteiger partial charge in [0.05, 0.1) is 22.6 Å². The highest BCUT2D eigenvalue weighted by atomic mass is 35.5. The van der Waals surface area contributed by atoms with E-state index in [0.29, 0.717) is 22.3 Å². The third-order valence-corrected chi connectivity index (χ3v) is 6.39. The summed E-state index contributed by atoms with van der Waals surface area (Å²) in [4.78, 5) is 18.1. The third kappa shape index (κ3) is 4.91. The van der Waals surface area contributed by atoms with E-state index in [1.807, 2.05) is 31.2 Å². The van der Waals surface area contributed by atoms with E-state index in [2.05, 4.69) is 20.6 Å². The standard InChI is InChI=1S/C22H17ClF3N5OS/c1-12-18(10-14-6-3-4-9-17(14)23)33-21(27-12)28-20(32)19-13(2)31(30-29-19)16-8-5-7-15(11-16)22(24,25)26/h3-9,11H,10H2,1-2H3,(H,27,28,32). The molecule has 0 aliphatic carbocycles. The van der Waals surface area contributed by atoms with E-state index in [9.17, 15) is 18.0 Å². The first kappa shape index (κ1) is 22.9. The second kappa shape index (κ2) is 8.95. The molecule has 0 radical (unpaired) electrons. The smallest absolute Gasteiger partial charge is 0.296 e. The molecule has 11 heteroatoms. The predicted molar refractivity (Wildman–Crippen MR) is 120 cm³/mol. The van der Waals surface area contributed by atoms with E-state index in [0.717, 1.165) is 28.3 Å². The van der Waals surface area contributed by atoms with Crippen LogP contribution in [0.4, 0.5) is 18.3 Å². The molecular formula is C22H17ClF3N5OS. The van der Waals surface area contributed by atoms with E-state index < -0.39 is 17.6 Å². The van der Waals surface area contributed by atoms with Gasteiger partial charge in [-0.3, -0.25) is 10.1 Å². The molecule has 0 spiro atoms. The van der Waals surface area contributed by atoms with E-state index in [1.165, 1.54) is 28.2 Å². The summed E-state index contributed by atoms with van der Waals surface area (Å²) < 4.78 is 40.3. The van der Waals surface area contributed by atoms with Crippen LogP contribution in [0.2, 0.25) is 5.02 Å². The molecule has 4 aromatic rings. The van der Waals surface area contributed by atoms with E-state index in [4.69, 9.17) is 11.6 Å². The zero-order valence-electron chi connectivity index (χ0n) is 17.4. The SMILES string of the molecule is Cc1nc(NC(=O)c2nnn(-c3cccc(C(F)(F)F)c3)c2C)sc1Cc1ccccc1Cl. The Kier molecular flexibility index (Phi) is 6.22. The van der Waals surface area contributed by atoms with Gasteiger partial charge >= 0.3 is 6.18 Å². The Labute approximate surface area is 196 Å². The van der Waals surface area contributed by atoms with Crippen molar-refractivity contribution in [1.29, 1.82) is 0 Å². The normalized spacial score (nSPS) is 11.6. The number of hydrogen-bond donors (Lipinski definition) is 1. The molecule has 1 N–H and O–H groups in total. The molecule has 4 rings (SSSR count). The van der Waals surface area contributed by atoms with E-state index in [-0.39, 0.29) is 11.4 Å². The van der Waals surface area contributed by atoms with Crippen molar-refractivity contribution in [3.05, 3.63) is 86.6 Å². The fraction of sp³-hybridized carbons (Fsp3) is 0.182. The van der Waals surface area contributed by atoms with Crippen LogP contribution in [-0.4, -0.2) is 25.9 Å². The summed E-state index contributed by atoms with van der Waals surface area (Å²) in [6.07, 6.45) is -3.92. The van der Waals surface area contributed by atoms with Gasteiger partial charge in [0.2, 0.25) is 0 Å². The molecule has 0 aliphatic heterocycles. The number of aromatic nitrogens is 4. The maximum absolute atomic E-state index is 13.0. The Bertz CT molecular complexity index is 1330. The van der Waals surface area contributed by atoms with Crippen LogP contribution in [0.5, 0.6) is 0 Å². The Morgan fingerprint density at radius 1 is 1.15 bits per heavy atom. The number of benzene rings is 2. The van der Waals surface area contributed by atoms with Crippen molar-refractivity contribution in [3.8, 4) is 5.69 Å². The number of halogens is 4. The predicted octanol–water partition coefficient (Wildman–Crippen LogP) is 5.86. The van der Waals surface area contributed by atoms with E-state index in [1.54, 1.807) is 6.92 Å². The highest BCUT2D eigenvalue weighted by Gasteiger charge is 2.31. The highest BCUT2D eigenvalue weighted by Crippen LogP contribution is 2.31. The number of aryl methyl sites for hydroxylation is 1. The summed E-state index contributed by atoms with van der Waals surface area (Å²) in [7, 11) is 0. The number of anilines is 1. The molecule has 2 heterocycles. The third-order valence-electron chi connectivity index (χ3n) is 4.95. The van der Waals surface area contributed by atoms with Gasteiger partial charge in [0.15, 0.2) is 10.8 Å². The minimum Gasteiger partial charge on any atom is -0.296 e. The summed E-state index contributed by atoms with van der Waals surface area (Å²) in [5.74, 6) is -0.552. The number of nitrogens with one attached hydrogen (secondary N) is 1. The number of hydrogen-bond acceptors (Lipinski definition) is 5. The molecule has 33 heavy (non-hydrogen) atoms. The number of thiazole rings is 1. The summed E-state index contributed by atoms with van der Waals surface area (Å²) >= 11 is 7.56. The lowest BCUT2D eigenvalue weighted by Crippen LogP contribution is -2.14. The largest absolute Gasteiger partial charge is 0.416 e. The number of rotatable bonds is 5. The Balaban J connectivity index is 1.54. The maximum Gasteiger partial charge on any atom is 0.416 e. The van der Waals surface area contributed by atoms with Crippen LogP contribution in [-0.2, 0) is 12.6 Å². The minimum absolute atomic E-state index is 0.00656. The van der Waals surface area contributed by atoms with Crippen molar-refractivity contribution in [2.75, 3.05) is 5.32 Å². The van der Waals surface area contributed by atoms with Crippen molar-refractivity contribution >= 4 is 34.0 Å². The van der Waals surface area contributed by atoms with Crippen molar-refractivity contribution in [3.63, 3.8) is 0 Å². The Hall–Kier alpha value is -3.24. The number of carbonyl (C=O) groups excluding carboxylic acids is 1. The Morgan fingerprint density at radius 3 is 2.64 bits per heavy atom. The van der Waals surface area contributed by atoms with Crippen molar-refractivity contribution in [1.82, 2.24) is 20.0 Å². The molecule has 0 aliphatic rings. The fourth-order valence-corrected chi connectivity index (χ4v) is 4.40. The van der Waals surface area contributed by atoms with Gasteiger partial charge in [0.25, 0.3) is 5.91 Å². The topological polar surface area (TPSA) is 72.7 Å². The molecule has 2 aromatic heterocycles. The average molecular weight is 492 g/mol. The van der Waals surface area contributed by atoms with Crippen molar-refractivity contribution < 1.29 is 18.0 Å². The molecule has 1 amide bonds. The van der Waals surface area contributed by atoms with Gasteiger partial charge in [-0.05, 0) is 43.7 Å². The minimum atomic E-state index is -4.49. The van der Waals surface area contributed by atoms with Gasteiger partial charge in [-0.1, -0.05) is 41.1 Å². The summed E-state index contributed by atoms with van der Waals surface area (Å²) in [6.45, 7) is 3.40. The average Bonchev–Trinajstić information content (AvgIpc) is 3.31. The summed E-state index contributed by atoms with van der Waals surface area (Å²) in [5, 5.41) is 11.5. The van der Waals surface area contributed by atoms with Crippen molar-refractivity contribution in [2.24, 2.45) is 0 Å². The summed E-state index contributed by atoms with van der Waals surface area (Å²) in [5.41, 5.74) is 1.35. The number of carbonyl (C=O) groups is 1. The highest BCUT2D eigenvalue weighted by molar-refractivity contribution is 7.15. The lowest BCUT2D eigenvalue weighted by atomic mass is 10.1. The van der Waals surface area contributed by atoms with Gasteiger partial charge in [0, 0.05) is 16.3 Å². The van der Waals surface area contributed by atoms with Gasteiger partial charge < -0.3 is 0 Å². The van der Waals surface area contributed by atoms with Crippen LogP contribution < -0.4 is 5.32 Å². The van der Waals surface area contributed by atoms with Crippen LogP contribution >= 0.6 is 22.9 Å². The lowest BCUT2D eigenvalue weighted by molar-refractivity contribution is -0.137. The van der Waals surface area contributed by atoms with Gasteiger partial charge in [0.1, 0.15) is 0 Å². The van der Waals surface area contributed by atoms with Gasteiger partial charge in [-0.25, -0.2) is 9.67 Å². The first-order valence-electron chi connectivity index (χ1n) is 9.74. The first-order valence-corrected chi connectivity index (χ1v) is 10.9. The molecule has 0 fully saturated rings. The van der Waals surface area contributed by atoms with Crippen LogP contribution in [0.25, 0.3) is 5.69 Å². The van der Waals surface area contributed by atoms with E-state index >= 15 is 0 Å². The van der Waals surface area contributed by atoms with Crippen LogP contribution in [0.3, 0.4) is 0 Å². The molecule has 0 saturated carbocycles. The molecule has 0 atom stereocenters. The molecule has 0 saturated heterocycles. The quantitative estimate of drug-likeness (QED) is 0.380. The van der Waals surface area contributed by atoms with Gasteiger partial charge in [-0.2, -0.15) is 13.2 Å². The summed E-state index contributed by atoms with van der Waals surface area (Å²) in [6, 6.07) is 12.1. The lowest BCUT2D eigenvalue weighted by Gasteiger charge is -2.09. The molecule has 0 unspecified atom stereocenters. The molecular weight excluding hydrogens is 475 g/mol.